The molecular weight excluding hydrogens is 264 g/mol. The van der Waals surface area contributed by atoms with Crippen LogP contribution in [0, 0.1) is 5.92 Å². The summed E-state index contributed by atoms with van der Waals surface area (Å²) in [5, 5.41) is 0. The molecule has 1 aromatic heterocycles. The van der Waals surface area contributed by atoms with E-state index in [9.17, 15) is 0 Å². The molecular formula is C16H26N4O. The molecule has 0 radical (unpaired) electrons. The summed E-state index contributed by atoms with van der Waals surface area (Å²) >= 11 is 0. The van der Waals surface area contributed by atoms with Crippen LogP contribution in [0.5, 0.6) is 0 Å². The molecule has 116 valence electrons. The lowest BCUT2D eigenvalue weighted by Gasteiger charge is -2.41. The fourth-order valence-electron chi connectivity index (χ4n) is 3.54. The molecule has 0 amide bonds. The number of hydrogen-bond donors (Lipinski definition) is 0. The summed E-state index contributed by atoms with van der Waals surface area (Å²) in [6.45, 7) is 9.77. The van der Waals surface area contributed by atoms with Crippen LogP contribution >= 0.6 is 0 Å². The SMILES string of the molecule is CC(C)CN1CCO[C@@H]2CCN(c3cnccn3)CC[C@H]21. The Morgan fingerprint density at radius 3 is 2.86 bits per heavy atom. The Bertz CT molecular complexity index is 439. The maximum absolute atomic E-state index is 6.05. The zero-order chi connectivity index (χ0) is 14.7. The molecule has 0 aromatic carbocycles. The van der Waals surface area contributed by atoms with Crippen LogP contribution in [0.15, 0.2) is 18.6 Å². The summed E-state index contributed by atoms with van der Waals surface area (Å²) in [5.41, 5.74) is 0. The molecule has 0 bridgehead atoms. The van der Waals surface area contributed by atoms with Crippen molar-refractivity contribution >= 4 is 5.82 Å². The van der Waals surface area contributed by atoms with Gasteiger partial charge in [0.15, 0.2) is 0 Å². The van der Waals surface area contributed by atoms with E-state index in [1.165, 1.54) is 6.54 Å². The first kappa shape index (κ1) is 14.7. The third-order valence-corrected chi connectivity index (χ3v) is 4.46. The summed E-state index contributed by atoms with van der Waals surface area (Å²) < 4.78 is 6.05. The molecule has 0 aliphatic carbocycles. The van der Waals surface area contributed by atoms with Gasteiger partial charge in [-0.25, -0.2) is 4.98 Å². The van der Waals surface area contributed by atoms with Crippen LogP contribution < -0.4 is 4.90 Å². The number of rotatable bonds is 3. The first-order chi connectivity index (χ1) is 10.2. The Morgan fingerprint density at radius 1 is 1.24 bits per heavy atom. The average molecular weight is 290 g/mol. The second-order valence-corrected chi connectivity index (χ2v) is 6.49. The summed E-state index contributed by atoms with van der Waals surface area (Å²) in [6, 6.07) is 0.558. The van der Waals surface area contributed by atoms with Crippen molar-refractivity contribution in [3.05, 3.63) is 18.6 Å². The number of ether oxygens (including phenoxy) is 1. The standard InChI is InChI=1S/C16H26N4O/c1-13(2)12-20-9-10-21-15-4-8-19(7-3-14(15)20)16-11-17-5-6-18-16/h5-6,11,13-15H,3-4,7-10,12H2,1-2H3/t14-,15-/m1/s1. The summed E-state index contributed by atoms with van der Waals surface area (Å²) in [7, 11) is 0. The molecule has 2 aliphatic heterocycles. The number of nitrogens with zero attached hydrogens (tertiary/aromatic N) is 4. The Balaban J connectivity index is 1.68. The van der Waals surface area contributed by atoms with Gasteiger partial charge in [-0.15, -0.1) is 0 Å². The second-order valence-electron chi connectivity index (χ2n) is 6.49. The van der Waals surface area contributed by atoms with Crippen LogP contribution in [0.2, 0.25) is 0 Å². The highest BCUT2D eigenvalue weighted by molar-refractivity contribution is 5.35. The molecule has 5 nitrogen and oxygen atoms in total. The molecule has 2 aliphatic rings. The lowest BCUT2D eigenvalue weighted by Crippen LogP contribution is -2.52. The minimum atomic E-state index is 0.374. The normalized spacial score (nSPS) is 27.5. The van der Waals surface area contributed by atoms with Crippen molar-refractivity contribution in [1.82, 2.24) is 14.9 Å². The lowest BCUT2D eigenvalue weighted by molar-refractivity contribution is -0.0744. The van der Waals surface area contributed by atoms with Gasteiger partial charge in [-0.1, -0.05) is 13.8 Å². The highest BCUT2D eigenvalue weighted by Crippen LogP contribution is 2.26. The van der Waals surface area contributed by atoms with Crippen molar-refractivity contribution in [2.24, 2.45) is 5.92 Å². The first-order valence-corrected chi connectivity index (χ1v) is 8.10. The van der Waals surface area contributed by atoms with Gasteiger partial charge in [0.1, 0.15) is 5.82 Å². The van der Waals surface area contributed by atoms with Crippen molar-refractivity contribution < 1.29 is 4.74 Å². The van der Waals surface area contributed by atoms with Gasteiger partial charge in [-0.2, -0.15) is 0 Å². The minimum absolute atomic E-state index is 0.374. The smallest absolute Gasteiger partial charge is 0.147 e. The molecule has 2 saturated heterocycles. The highest BCUT2D eigenvalue weighted by atomic mass is 16.5. The largest absolute Gasteiger partial charge is 0.375 e. The van der Waals surface area contributed by atoms with Crippen molar-refractivity contribution in [2.75, 3.05) is 37.7 Å². The monoisotopic (exact) mass is 290 g/mol. The summed E-state index contributed by atoms with van der Waals surface area (Å²) in [6.07, 6.45) is 7.97. The van der Waals surface area contributed by atoms with E-state index in [4.69, 9.17) is 4.74 Å². The van der Waals surface area contributed by atoms with Crippen LogP contribution in [0.1, 0.15) is 26.7 Å². The average Bonchev–Trinajstić information content (AvgIpc) is 2.71. The Morgan fingerprint density at radius 2 is 2.10 bits per heavy atom. The van der Waals surface area contributed by atoms with E-state index in [0.717, 1.165) is 44.9 Å². The number of fused-ring (bicyclic) bond motifs is 1. The quantitative estimate of drug-likeness (QED) is 0.849. The lowest BCUT2D eigenvalue weighted by atomic mass is 10.0. The Kier molecular flexibility index (Phi) is 4.70. The van der Waals surface area contributed by atoms with Crippen LogP contribution in [-0.2, 0) is 4.74 Å². The van der Waals surface area contributed by atoms with E-state index in [2.05, 4.69) is 33.6 Å². The topological polar surface area (TPSA) is 41.5 Å². The molecule has 2 fully saturated rings. The van der Waals surface area contributed by atoms with E-state index in [-0.39, 0.29) is 0 Å². The van der Waals surface area contributed by atoms with E-state index in [1.54, 1.807) is 12.4 Å². The van der Waals surface area contributed by atoms with Crippen molar-refractivity contribution in [3.8, 4) is 0 Å². The predicted molar refractivity (Wildman–Crippen MR) is 83.4 cm³/mol. The third-order valence-electron chi connectivity index (χ3n) is 4.46. The number of morpholine rings is 1. The third kappa shape index (κ3) is 3.52. The number of anilines is 1. The molecule has 21 heavy (non-hydrogen) atoms. The van der Waals surface area contributed by atoms with Gasteiger partial charge in [0, 0.05) is 44.6 Å². The van der Waals surface area contributed by atoms with E-state index < -0.39 is 0 Å². The maximum atomic E-state index is 6.05. The second kappa shape index (κ2) is 6.71. The van der Waals surface area contributed by atoms with Gasteiger partial charge in [-0.3, -0.25) is 9.88 Å². The summed E-state index contributed by atoms with van der Waals surface area (Å²) in [4.78, 5) is 13.6. The van der Waals surface area contributed by atoms with Gasteiger partial charge < -0.3 is 9.64 Å². The zero-order valence-corrected chi connectivity index (χ0v) is 13.1. The van der Waals surface area contributed by atoms with Gasteiger partial charge in [0.25, 0.3) is 0 Å². The highest BCUT2D eigenvalue weighted by Gasteiger charge is 2.34. The molecule has 0 N–H and O–H groups in total. The van der Waals surface area contributed by atoms with E-state index >= 15 is 0 Å². The number of hydrogen-bond acceptors (Lipinski definition) is 5. The zero-order valence-electron chi connectivity index (χ0n) is 13.1. The van der Waals surface area contributed by atoms with Crippen LogP contribution in [-0.4, -0.2) is 59.8 Å². The minimum Gasteiger partial charge on any atom is -0.375 e. The molecule has 0 saturated carbocycles. The Hall–Kier alpha value is -1.20. The van der Waals surface area contributed by atoms with Crippen molar-refractivity contribution in [3.63, 3.8) is 0 Å². The molecule has 3 heterocycles. The van der Waals surface area contributed by atoms with Gasteiger partial charge in [-0.05, 0) is 18.8 Å². The Labute approximate surface area is 127 Å². The molecule has 1 aromatic rings. The molecule has 3 rings (SSSR count). The number of aromatic nitrogens is 2. The van der Waals surface area contributed by atoms with Gasteiger partial charge in [0.2, 0.25) is 0 Å². The molecule has 2 atom stereocenters. The van der Waals surface area contributed by atoms with Crippen molar-refractivity contribution in [1.29, 1.82) is 0 Å². The summed E-state index contributed by atoms with van der Waals surface area (Å²) in [5.74, 6) is 1.70. The van der Waals surface area contributed by atoms with E-state index in [0.29, 0.717) is 18.1 Å². The van der Waals surface area contributed by atoms with Gasteiger partial charge >= 0.3 is 0 Å². The first-order valence-electron chi connectivity index (χ1n) is 8.10. The molecule has 0 spiro atoms. The molecule has 5 heteroatoms. The fourth-order valence-corrected chi connectivity index (χ4v) is 3.54. The van der Waals surface area contributed by atoms with Gasteiger partial charge in [0.05, 0.1) is 18.9 Å². The van der Waals surface area contributed by atoms with Crippen molar-refractivity contribution in [2.45, 2.75) is 38.8 Å². The van der Waals surface area contributed by atoms with Crippen LogP contribution in [0.3, 0.4) is 0 Å². The fraction of sp³-hybridized carbons (Fsp3) is 0.750. The maximum Gasteiger partial charge on any atom is 0.147 e. The predicted octanol–water partition coefficient (Wildman–Crippen LogP) is 1.80. The molecule has 0 unspecified atom stereocenters. The van der Waals surface area contributed by atoms with Crippen LogP contribution in [0.4, 0.5) is 5.82 Å². The van der Waals surface area contributed by atoms with Crippen LogP contribution in [0.25, 0.3) is 0 Å². The van der Waals surface area contributed by atoms with E-state index in [1.807, 2.05) is 6.20 Å².